The van der Waals surface area contributed by atoms with E-state index in [4.69, 9.17) is 0 Å². The van der Waals surface area contributed by atoms with Gasteiger partial charge in [0.2, 0.25) is 0 Å². The largest absolute Gasteiger partial charge is 0.0833 e. The van der Waals surface area contributed by atoms with Gasteiger partial charge in [-0.25, -0.2) is 0 Å². The molecule has 0 aliphatic heterocycles. The summed E-state index contributed by atoms with van der Waals surface area (Å²) in [5.41, 5.74) is 3.45. The van der Waals surface area contributed by atoms with Gasteiger partial charge in [-0.2, -0.15) is 0 Å². The summed E-state index contributed by atoms with van der Waals surface area (Å²) >= 11 is 0. The van der Waals surface area contributed by atoms with Crippen LogP contribution in [0.3, 0.4) is 0 Å². The van der Waals surface area contributed by atoms with Crippen molar-refractivity contribution in [1.82, 2.24) is 0 Å². The lowest BCUT2D eigenvalue weighted by Gasteiger charge is -2.26. The molecule has 0 amide bonds. The normalized spacial score (nSPS) is 37.1. The van der Waals surface area contributed by atoms with Crippen molar-refractivity contribution in [2.45, 2.75) is 12.8 Å². The molecule has 0 aromatic heterocycles. The predicted molar refractivity (Wildman–Crippen MR) is 46.1 cm³/mol. The quantitative estimate of drug-likeness (QED) is 0.488. The molecular formula is C11H10. The van der Waals surface area contributed by atoms with Crippen LogP contribution >= 0.6 is 0 Å². The fourth-order valence-electron chi connectivity index (χ4n) is 2.31. The number of rotatable bonds is 0. The van der Waals surface area contributed by atoms with Crippen molar-refractivity contribution >= 4 is 0 Å². The van der Waals surface area contributed by atoms with Crippen LogP contribution in [0.5, 0.6) is 0 Å². The minimum Gasteiger partial charge on any atom is -0.0833 e. The summed E-state index contributed by atoms with van der Waals surface area (Å²) in [4.78, 5) is 0. The molecule has 0 aromatic carbocycles. The van der Waals surface area contributed by atoms with E-state index < -0.39 is 0 Å². The van der Waals surface area contributed by atoms with Crippen LogP contribution in [-0.4, -0.2) is 0 Å². The lowest BCUT2D eigenvalue weighted by molar-refractivity contribution is 0.507. The van der Waals surface area contributed by atoms with Crippen molar-refractivity contribution in [3.05, 3.63) is 47.6 Å². The number of hydrogen-bond acceptors (Lipinski definition) is 0. The lowest BCUT2D eigenvalue weighted by Crippen LogP contribution is -2.15. The second-order valence-corrected chi connectivity index (χ2v) is 3.64. The highest BCUT2D eigenvalue weighted by molar-refractivity contribution is 5.54. The Balaban J connectivity index is 2.23. The molecule has 3 aliphatic carbocycles. The van der Waals surface area contributed by atoms with Crippen molar-refractivity contribution in [3.63, 3.8) is 0 Å². The smallest absolute Gasteiger partial charge is 0.0210 e. The van der Waals surface area contributed by atoms with Gasteiger partial charge in [-0.15, -0.1) is 0 Å². The maximum atomic E-state index is 2.37. The van der Waals surface area contributed by atoms with Gasteiger partial charge in [0.1, 0.15) is 0 Å². The van der Waals surface area contributed by atoms with Crippen LogP contribution in [0.15, 0.2) is 47.6 Å². The van der Waals surface area contributed by atoms with Crippen molar-refractivity contribution in [2.24, 2.45) is 5.41 Å². The van der Waals surface area contributed by atoms with E-state index in [2.05, 4.69) is 36.5 Å². The molecule has 0 fully saturated rings. The molecule has 1 spiro atoms. The van der Waals surface area contributed by atoms with E-state index in [1.807, 2.05) is 0 Å². The Morgan fingerprint density at radius 1 is 1.36 bits per heavy atom. The standard InChI is InChI=1S/C11H10/c1-2-5-11-6-4-9(8-11)7-10(11)3-1/h1-4,6-7H,5,8H2. The maximum Gasteiger partial charge on any atom is 0.0210 e. The van der Waals surface area contributed by atoms with E-state index in [1.165, 1.54) is 24.0 Å². The summed E-state index contributed by atoms with van der Waals surface area (Å²) < 4.78 is 0. The molecule has 11 heavy (non-hydrogen) atoms. The molecule has 0 saturated heterocycles. The zero-order chi connectivity index (χ0) is 7.31. The summed E-state index contributed by atoms with van der Waals surface area (Å²) in [5, 5.41) is 0. The first-order chi connectivity index (χ1) is 5.39. The molecule has 0 nitrogen and oxygen atoms in total. The Bertz CT molecular complexity index is 326. The Labute approximate surface area is 66.6 Å². The van der Waals surface area contributed by atoms with E-state index in [0.717, 1.165) is 0 Å². The zero-order valence-electron chi connectivity index (χ0n) is 6.38. The highest BCUT2D eigenvalue weighted by atomic mass is 14.4. The average Bonchev–Trinajstić information content (AvgIpc) is 2.57. The SMILES string of the molecule is C1=CCC23C=CC(=CC2=C1)C3. The summed E-state index contributed by atoms with van der Waals surface area (Å²) in [6.45, 7) is 0. The van der Waals surface area contributed by atoms with Crippen LogP contribution in [0.2, 0.25) is 0 Å². The van der Waals surface area contributed by atoms with Crippen LogP contribution in [-0.2, 0) is 0 Å². The zero-order valence-corrected chi connectivity index (χ0v) is 6.38. The molecule has 3 aliphatic rings. The van der Waals surface area contributed by atoms with Gasteiger partial charge < -0.3 is 0 Å². The van der Waals surface area contributed by atoms with Crippen LogP contribution in [0.25, 0.3) is 0 Å². The first kappa shape index (κ1) is 5.59. The third-order valence-electron chi connectivity index (χ3n) is 2.95. The van der Waals surface area contributed by atoms with E-state index in [1.54, 1.807) is 0 Å². The molecule has 0 N–H and O–H groups in total. The Morgan fingerprint density at radius 3 is 3.18 bits per heavy atom. The molecule has 0 aromatic rings. The van der Waals surface area contributed by atoms with Gasteiger partial charge in [-0.3, -0.25) is 0 Å². The lowest BCUT2D eigenvalue weighted by atomic mass is 9.77. The minimum atomic E-state index is 0.407. The van der Waals surface area contributed by atoms with Crippen LogP contribution in [0.4, 0.5) is 0 Å². The van der Waals surface area contributed by atoms with E-state index in [0.29, 0.717) is 5.41 Å². The molecular weight excluding hydrogens is 132 g/mol. The number of hydrogen-bond donors (Lipinski definition) is 0. The minimum absolute atomic E-state index is 0.407. The van der Waals surface area contributed by atoms with Gasteiger partial charge in [-0.1, -0.05) is 36.5 Å². The number of fused-ring (bicyclic) bond motifs is 1. The summed E-state index contributed by atoms with van der Waals surface area (Å²) in [7, 11) is 0. The van der Waals surface area contributed by atoms with Gasteiger partial charge in [-0.05, 0) is 24.0 Å². The topological polar surface area (TPSA) is 0 Å². The fourth-order valence-corrected chi connectivity index (χ4v) is 2.31. The molecule has 0 heterocycles. The van der Waals surface area contributed by atoms with Gasteiger partial charge in [0, 0.05) is 5.41 Å². The molecule has 0 radical (unpaired) electrons. The monoisotopic (exact) mass is 142 g/mol. The highest BCUT2D eigenvalue weighted by Gasteiger charge is 2.39. The van der Waals surface area contributed by atoms with Crippen LogP contribution < -0.4 is 0 Å². The summed E-state index contributed by atoms with van der Waals surface area (Å²) in [6, 6.07) is 0. The Hall–Kier alpha value is -1.04. The Kier molecular flexibility index (Phi) is 0.803. The molecule has 1 atom stereocenters. The third-order valence-corrected chi connectivity index (χ3v) is 2.95. The van der Waals surface area contributed by atoms with E-state index in [-0.39, 0.29) is 0 Å². The summed E-state index contributed by atoms with van der Waals surface area (Å²) in [5.74, 6) is 0. The Morgan fingerprint density at radius 2 is 2.36 bits per heavy atom. The summed E-state index contributed by atoms with van der Waals surface area (Å²) in [6.07, 6.45) is 16.1. The van der Waals surface area contributed by atoms with Gasteiger partial charge in [0.15, 0.2) is 0 Å². The molecule has 0 saturated carbocycles. The second kappa shape index (κ2) is 1.58. The van der Waals surface area contributed by atoms with Gasteiger partial charge >= 0.3 is 0 Å². The molecule has 0 heteroatoms. The fraction of sp³-hybridized carbons (Fsp3) is 0.273. The van der Waals surface area contributed by atoms with Crippen LogP contribution in [0.1, 0.15) is 12.8 Å². The number of allylic oxidation sites excluding steroid dienone is 8. The predicted octanol–water partition coefficient (Wildman–Crippen LogP) is 2.76. The van der Waals surface area contributed by atoms with Gasteiger partial charge in [0.25, 0.3) is 0 Å². The van der Waals surface area contributed by atoms with E-state index >= 15 is 0 Å². The van der Waals surface area contributed by atoms with Crippen LogP contribution in [0, 0.1) is 5.41 Å². The van der Waals surface area contributed by atoms with E-state index in [9.17, 15) is 0 Å². The van der Waals surface area contributed by atoms with Gasteiger partial charge in [0.05, 0.1) is 0 Å². The van der Waals surface area contributed by atoms with Crippen molar-refractivity contribution in [1.29, 1.82) is 0 Å². The first-order valence-corrected chi connectivity index (χ1v) is 4.16. The van der Waals surface area contributed by atoms with Crippen molar-refractivity contribution in [3.8, 4) is 0 Å². The average molecular weight is 142 g/mol. The molecule has 2 bridgehead atoms. The third kappa shape index (κ3) is 0.555. The highest BCUT2D eigenvalue weighted by Crippen LogP contribution is 2.52. The first-order valence-electron chi connectivity index (χ1n) is 4.16. The molecule has 1 unspecified atom stereocenters. The molecule has 3 rings (SSSR count). The second-order valence-electron chi connectivity index (χ2n) is 3.64. The van der Waals surface area contributed by atoms with Crippen molar-refractivity contribution in [2.75, 3.05) is 0 Å². The molecule has 54 valence electrons. The maximum absolute atomic E-state index is 2.37. The van der Waals surface area contributed by atoms with Crippen molar-refractivity contribution < 1.29 is 0 Å².